The number of ether oxygens (including phenoxy) is 1. The molecule has 6 heteroatoms. The van der Waals surface area contributed by atoms with E-state index in [0.717, 1.165) is 6.07 Å². The van der Waals surface area contributed by atoms with Crippen molar-refractivity contribution in [3.8, 4) is 0 Å². The molecule has 0 saturated carbocycles. The Morgan fingerprint density at radius 2 is 1.95 bits per heavy atom. The number of hydrogen-bond acceptors (Lipinski definition) is 3. The van der Waals surface area contributed by atoms with Crippen molar-refractivity contribution in [2.24, 2.45) is 0 Å². The molecule has 0 aliphatic heterocycles. The molecule has 0 spiro atoms. The SMILES string of the molecule is C[C@H](NC(=O)c1ccc(Cl)c(F)c1)C(=O)OC(C)(C)C. The van der Waals surface area contributed by atoms with Gasteiger partial charge in [0.25, 0.3) is 5.91 Å². The van der Waals surface area contributed by atoms with E-state index >= 15 is 0 Å². The first-order chi connectivity index (χ1) is 9.10. The van der Waals surface area contributed by atoms with E-state index in [1.807, 2.05) is 0 Å². The summed E-state index contributed by atoms with van der Waals surface area (Å²) in [5, 5.41) is 2.37. The van der Waals surface area contributed by atoms with Crippen LogP contribution in [-0.2, 0) is 9.53 Å². The molecule has 0 aliphatic carbocycles. The van der Waals surface area contributed by atoms with Gasteiger partial charge in [-0.25, -0.2) is 9.18 Å². The maximum Gasteiger partial charge on any atom is 0.328 e. The van der Waals surface area contributed by atoms with E-state index in [1.165, 1.54) is 19.1 Å². The third-order valence-electron chi connectivity index (χ3n) is 2.29. The van der Waals surface area contributed by atoms with E-state index in [1.54, 1.807) is 20.8 Å². The van der Waals surface area contributed by atoms with Gasteiger partial charge in [0.05, 0.1) is 5.02 Å². The summed E-state index contributed by atoms with van der Waals surface area (Å²) < 4.78 is 18.4. The van der Waals surface area contributed by atoms with Crippen LogP contribution >= 0.6 is 11.6 Å². The number of benzene rings is 1. The molecule has 0 radical (unpaired) electrons. The molecule has 0 bridgehead atoms. The van der Waals surface area contributed by atoms with Crippen LogP contribution in [-0.4, -0.2) is 23.5 Å². The lowest BCUT2D eigenvalue weighted by molar-refractivity contribution is -0.156. The second kappa shape index (κ2) is 6.22. The van der Waals surface area contributed by atoms with E-state index in [4.69, 9.17) is 16.3 Å². The van der Waals surface area contributed by atoms with Gasteiger partial charge in [0.15, 0.2) is 0 Å². The van der Waals surface area contributed by atoms with Crippen LogP contribution in [0.1, 0.15) is 38.1 Å². The highest BCUT2D eigenvalue weighted by atomic mass is 35.5. The molecule has 0 unspecified atom stereocenters. The van der Waals surface area contributed by atoms with Crippen molar-refractivity contribution in [2.75, 3.05) is 0 Å². The number of esters is 1. The van der Waals surface area contributed by atoms with Crippen molar-refractivity contribution in [2.45, 2.75) is 39.3 Å². The van der Waals surface area contributed by atoms with Crippen LogP contribution in [0.5, 0.6) is 0 Å². The third kappa shape index (κ3) is 4.81. The zero-order chi connectivity index (χ0) is 15.5. The third-order valence-corrected chi connectivity index (χ3v) is 2.60. The molecule has 1 aromatic carbocycles. The summed E-state index contributed by atoms with van der Waals surface area (Å²) in [7, 11) is 0. The number of nitrogens with one attached hydrogen (secondary N) is 1. The van der Waals surface area contributed by atoms with Crippen LogP contribution in [0.3, 0.4) is 0 Å². The van der Waals surface area contributed by atoms with Crippen molar-refractivity contribution in [3.63, 3.8) is 0 Å². The van der Waals surface area contributed by atoms with E-state index in [0.29, 0.717) is 0 Å². The molecule has 20 heavy (non-hydrogen) atoms. The Bertz CT molecular complexity index is 526. The van der Waals surface area contributed by atoms with Crippen molar-refractivity contribution >= 4 is 23.5 Å². The molecule has 0 fully saturated rings. The van der Waals surface area contributed by atoms with Crippen molar-refractivity contribution < 1.29 is 18.7 Å². The Labute approximate surface area is 122 Å². The fourth-order valence-corrected chi connectivity index (χ4v) is 1.48. The molecule has 0 heterocycles. The standard InChI is InChI=1S/C14H17ClFNO3/c1-8(13(19)20-14(2,3)4)17-12(18)9-5-6-10(15)11(16)7-9/h5-8H,1-4H3,(H,17,18)/t8-/m0/s1. The first-order valence-electron chi connectivity index (χ1n) is 6.09. The van der Waals surface area contributed by atoms with E-state index in [9.17, 15) is 14.0 Å². The summed E-state index contributed by atoms with van der Waals surface area (Å²) in [6, 6.07) is 2.84. The minimum absolute atomic E-state index is 0.0678. The molecule has 0 aliphatic rings. The summed E-state index contributed by atoms with van der Waals surface area (Å²) in [6.45, 7) is 6.69. The first kappa shape index (κ1) is 16.4. The number of rotatable bonds is 3. The van der Waals surface area contributed by atoms with Gasteiger partial charge in [0.2, 0.25) is 0 Å². The van der Waals surface area contributed by atoms with Crippen LogP contribution < -0.4 is 5.32 Å². The second-order valence-corrected chi connectivity index (χ2v) is 5.76. The number of halogens is 2. The molecule has 1 amide bonds. The topological polar surface area (TPSA) is 55.4 Å². The van der Waals surface area contributed by atoms with Crippen molar-refractivity contribution in [3.05, 3.63) is 34.6 Å². The van der Waals surface area contributed by atoms with E-state index < -0.39 is 29.3 Å². The lowest BCUT2D eigenvalue weighted by atomic mass is 10.1. The average molecular weight is 302 g/mol. The molecule has 1 aromatic rings. The molecule has 1 N–H and O–H groups in total. The Kier molecular flexibility index (Phi) is 5.11. The predicted octanol–water partition coefficient (Wildman–Crippen LogP) is 2.94. The van der Waals surface area contributed by atoms with Crippen LogP contribution in [0, 0.1) is 5.82 Å². The summed E-state index contributed by atoms with van der Waals surface area (Å²) in [5.41, 5.74) is -0.551. The monoisotopic (exact) mass is 301 g/mol. The normalized spacial score (nSPS) is 12.7. The Morgan fingerprint density at radius 3 is 2.45 bits per heavy atom. The summed E-state index contributed by atoms with van der Waals surface area (Å²) in [4.78, 5) is 23.6. The molecular weight excluding hydrogens is 285 g/mol. The molecule has 0 aromatic heterocycles. The van der Waals surface area contributed by atoms with Crippen LogP contribution in [0.15, 0.2) is 18.2 Å². The summed E-state index contributed by atoms with van der Waals surface area (Å²) >= 11 is 5.53. The smallest absolute Gasteiger partial charge is 0.328 e. The first-order valence-corrected chi connectivity index (χ1v) is 6.47. The van der Waals surface area contributed by atoms with E-state index in [-0.39, 0.29) is 10.6 Å². The predicted molar refractivity (Wildman–Crippen MR) is 74.2 cm³/mol. The molecule has 0 saturated heterocycles. The zero-order valence-corrected chi connectivity index (χ0v) is 12.5. The van der Waals surface area contributed by atoms with Crippen molar-refractivity contribution in [1.82, 2.24) is 5.32 Å². The quantitative estimate of drug-likeness (QED) is 0.873. The largest absolute Gasteiger partial charge is 0.458 e. The minimum Gasteiger partial charge on any atom is -0.458 e. The second-order valence-electron chi connectivity index (χ2n) is 5.36. The molecule has 1 atom stereocenters. The summed E-state index contributed by atoms with van der Waals surface area (Å²) in [5.74, 6) is -1.82. The van der Waals surface area contributed by atoms with Gasteiger partial charge in [-0.05, 0) is 45.9 Å². The molecule has 1 rings (SSSR count). The Morgan fingerprint density at radius 1 is 1.35 bits per heavy atom. The minimum atomic E-state index is -0.833. The number of carbonyl (C=O) groups is 2. The fourth-order valence-electron chi connectivity index (χ4n) is 1.37. The van der Waals surface area contributed by atoms with E-state index in [2.05, 4.69) is 5.32 Å². The fraction of sp³-hybridized carbons (Fsp3) is 0.429. The van der Waals surface area contributed by atoms with Crippen molar-refractivity contribution in [1.29, 1.82) is 0 Å². The van der Waals surface area contributed by atoms with Gasteiger partial charge in [-0.2, -0.15) is 0 Å². The summed E-state index contributed by atoms with van der Waals surface area (Å²) in [6.07, 6.45) is 0. The van der Waals surface area contributed by atoms with Gasteiger partial charge in [0, 0.05) is 5.56 Å². The Balaban J connectivity index is 2.70. The van der Waals surface area contributed by atoms with Gasteiger partial charge in [0.1, 0.15) is 17.5 Å². The zero-order valence-electron chi connectivity index (χ0n) is 11.8. The van der Waals surface area contributed by atoms with Gasteiger partial charge in [-0.1, -0.05) is 11.6 Å². The molecule has 4 nitrogen and oxygen atoms in total. The van der Waals surface area contributed by atoms with Crippen LogP contribution in [0.4, 0.5) is 4.39 Å². The highest BCUT2D eigenvalue weighted by molar-refractivity contribution is 6.30. The maximum atomic E-state index is 13.3. The highest BCUT2D eigenvalue weighted by Gasteiger charge is 2.23. The number of amides is 1. The van der Waals surface area contributed by atoms with Gasteiger partial charge in [-0.3, -0.25) is 4.79 Å². The van der Waals surface area contributed by atoms with Crippen LogP contribution in [0.2, 0.25) is 5.02 Å². The van der Waals surface area contributed by atoms with Gasteiger partial charge < -0.3 is 10.1 Å². The van der Waals surface area contributed by atoms with Gasteiger partial charge >= 0.3 is 5.97 Å². The number of hydrogen-bond donors (Lipinski definition) is 1. The average Bonchev–Trinajstić information content (AvgIpc) is 2.30. The molecule has 110 valence electrons. The van der Waals surface area contributed by atoms with Crippen LogP contribution in [0.25, 0.3) is 0 Å². The lowest BCUT2D eigenvalue weighted by Gasteiger charge is -2.22. The molecular formula is C14H17ClFNO3. The van der Waals surface area contributed by atoms with Gasteiger partial charge in [-0.15, -0.1) is 0 Å². The lowest BCUT2D eigenvalue weighted by Crippen LogP contribution is -2.42. The highest BCUT2D eigenvalue weighted by Crippen LogP contribution is 2.15. The number of carbonyl (C=O) groups excluding carboxylic acids is 2. The maximum absolute atomic E-state index is 13.3. The Hall–Kier alpha value is -1.62.